The molecule has 0 fully saturated rings. The second-order valence-corrected chi connectivity index (χ2v) is 7.12. The number of anilines is 1. The van der Waals surface area contributed by atoms with Gasteiger partial charge in [0.1, 0.15) is 0 Å². The van der Waals surface area contributed by atoms with E-state index in [1.165, 1.54) is 12.8 Å². The molecule has 1 N–H and O–H groups in total. The number of aliphatic imine (C=N–C) groups is 1. The highest BCUT2D eigenvalue weighted by molar-refractivity contribution is 9.10. The largest absolute Gasteiger partial charge is 0.335 e. The molecule has 5 heteroatoms. The van der Waals surface area contributed by atoms with Crippen molar-refractivity contribution in [1.29, 1.82) is 0 Å². The highest BCUT2D eigenvalue weighted by Crippen LogP contribution is 2.32. The second-order valence-electron chi connectivity index (χ2n) is 4.63. The lowest BCUT2D eigenvalue weighted by Crippen LogP contribution is -2.17. The fourth-order valence-corrected chi connectivity index (χ4v) is 4.05. The zero-order chi connectivity index (χ0) is 13.8. The Labute approximate surface area is 132 Å². The van der Waals surface area contributed by atoms with Crippen LogP contribution in [0.4, 0.5) is 5.69 Å². The van der Waals surface area contributed by atoms with E-state index in [1.54, 1.807) is 0 Å². The first-order valence-corrected chi connectivity index (χ1v) is 8.62. The summed E-state index contributed by atoms with van der Waals surface area (Å²) in [4.78, 5) is 4.60. The van der Waals surface area contributed by atoms with E-state index in [0.29, 0.717) is 5.25 Å². The SMILES string of the molecule is CCC(CC)C1CN=C(Nc2ccc(Cl)c(Br)c2)S1. The number of benzene rings is 1. The molecule has 0 saturated carbocycles. The minimum atomic E-state index is 0.619. The van der Waals surface area contributed by atoms with E-state index >= 15 is 0 Å². The Bertz CT molecular complexity index is 475. The molecule has 2 nitrogen and oxygen atoms in total. The average Bonchev–Trinajstić information content (AvgIpc) is 2.84. The van der Waals surface area contributed by atoms with Crippen molar-refractivity contribution < 1.29 is 0 Å². The van der Waals surface area contributed by atoms with Gasteiger partial charge in [-0.3, -0.25) is 4.99 Å². The number of halogens is 2. The maximum atomic E-state index is 5.99. The minimum Gasteiger partial charge on any atom is -0.335 e. The number of thioether (sulfide) groups is 1. The molecule has 0 aromatic heterocycles. The summed E-state index contributed by atoms with van der Waals surface area (Å²) < 4.78 is 0.902. The van der Waals surface area contributed by atoms with Gasteiger partial charge in [-0.25, -0.2) is 0 Å². The summed E-state index contributed by atoms with van der Waals surface area (Å²) in [5.41, 5.74) is 1.02. The fraction of sp³-hybridized carbons (Fsp3) is 0.500. The number of nitrogens with one attached hydrogen (secondary N) is 1. The molecule has 0 aliphatic carbocycles. The lowest BCUT2D eigenvalue weighted by Gasteiger charge is -2.18. The van der Waals surface area contributed by atoms with Crippen LogP contribution in [0.15, 0.2) is 27.7 Å². The topological polar surface area (TPSA) is 24.4 Å². The Hall–Kier alpha value is -0.190. The van der Waals surface area contributed by atoms with Crippen LogP contribution < -0.4 is 5.32 Å². The number of rotatable bonds is 4. The number of nitrogens with zero attached hydrogens (tertiary/aromatic N) is 1. The number of hydrogen-bond donors (Lipinski definition) is 1. The summed E-state index contributed by atoms with van der Waals surface area (Å²) in [5.74, 6) is 0.755. The molecule has 104 valence electrons. The first-order chi connectivity index (χ1) is 9.13. The van der Waals surface area contributed by atoms with Gasteiger partial charge in [-0.15, -0.1) is 0 Å². The molecule has 1 aromatic rings. The van der Waals surface area contributed by atoms with Crippen molar-refractivity contribution in [1.82, 2.24) is 0 Å². The smallest absolute Gasteiger partial charge is 0.161 e. The van der Waals surface area contributed by atoms with Gasteiger partial charge in [-0.2, -0.15) is 0 Å². The fourth-order valence-electron chi connectivity index (χ4n) is 2.22. The Balaban J connectivity index is 1.96. The maximum absolute atomic E-state index is 5.99. The molecule has 0 saturated heterocycles. The molecule has 1 heterocycles. The molecule has 1 aromatic carbocycles. The van der Waals surface area contributed by atoms with Gasteiger partial charge in [0.15, 0.2) is 5.17 Å². The summed E-state index contributed by atoms with van der Waals surface area (Å²) in [7, 11) is 0. The van der Waals surface area contributed by atoms with Crippen LogP contribution >= 0.6 is 39.3 Å². The summed E-state index contributed by atoms with van der Waals surface area (Å²) in [6.07, 6.45) is 2.45. The Kier molecular flexibility index (Phi) is 5.60. The van der Waals surface area contributed by atoms with Crippen molar-refractivity contribution >= 4 is 50.1 Å². The van der Waals surface area contributed by atoms with Gasteiger partial charge in [-0.05, 0) is 40.0 Å². The quantitative estimate of drug-likeness (QED) is 0.774. The highest BCUT2D eigenvalue weighted by Gasteiger charge is 2.25. The Morgan fingerprint density at radius 3 is 2.84 bits per heavy atom. The minimum absolute atomic E-state index is 0.619. The van der Waals surface area contributed by atoms with Crippen LogP contribution in [-0.4, -0.2) is 17.0 Å². The van der Waals surface area contributed by atoms with E-state index in [-0.39, 0.29) is 0 Å². The van der Waals surface area contributed by atoms with Gasteiger partial charge >= 0.3 is 0 Å². The van der Waals surface area contributed by atoms with Gasteiger partial charge in [0, 0.05) is 15.4 Å². The van der Waals surface area contributed by atoms with Crippen molar-refractivity contribution in [3.63, 3.8) is 0 Å². The van der Waals surface area contributed by atoms with Crippen molar-refractivity contribution in [2.24, 2.45) is 10.9 Å². The number of amidine groups is 1. The molecule has 1 aliphatic rings. The molecule has 0 amide bonds. The van der Waals surface area contributed by atoms with Crippen molar-refractivity contribution in [2.45, 2.75) is 31.9 Å². The van der Waals surface area contributed by atoms with E-state index < -0.39 is 0 Å². The molecule has 1 atom stereocenters. The Morgan fingerprint density at radius 1 is 1.47 bits per heavy atom. The van der Waals surface area contributed by atoms with Gasteiger partial charge in [-0.1, -0.05) is 50.1 Å². The molecule has 1 aliphatic heterocycles. The van der Waals surface area contributed by atoms with Crippen LogP contribution in [0.3, 0.4) is 0 Å². The zero-order valence-corrected chi connectivity index (χ0v) is 14.3. The second kappa shape index (κ2) is 7.00. The first-order valence-electron chi connectivity index (χ1n) is 6.57. The van der Waals surface area contributed by atoms with Crippen LogP contribution in [0.1, 0.15) is 26.7 Å². The summed E-state index contributed by atoms with van der Waals surface area (Å²) in [6.45, 7) is 5.45. The van der Waals surface area contributed by atoms with Gasteiger partial charge in [0.2, 0.25) is 0 Å². The van der Waals surface area contributed by atoms with Crippen LogP contribution in [0, 0.1) is 5.92 Å². The third-order valence-electron chi connectivity index (χ3n) is 3.42. The standard InChI is InChI=1S/C14H18BrClN2S/c1-3-9(4-2)13-8-17-14(19-13)18-10-5-6-12(16)11(15)7-10/h5-7,9,13H,3-4,8H2,1-2H3,(H,17,18). The molecule has 0 bridgehead atoms. The summed E-state index contributed by atoms with van der Waals surface area (Å²) >= 11 is 11.3. The van der Waals surface area contributed by atoms with Crippen LogP contribution in [0.5, 0.6) is 0 Å². The highest BCUT2D eigenvalue weighted by atomic mass is 79.9. The Morgan fingerprint density at radius 2 is 2.21 bits per heavy atom. The monoisotopic (exact) mass is 360 g/mol. The van der Waals surface area contributed by atoms with E-state index in [4.69, 9.17) is 11.6 Å². The first kappa shape index (κ1) is 15.2. The van der Waals surface area contributed by atoms with Crippen LogP contribution in [0.2, 0.25) is 5.02 Å². The lowest BCUT2D eigenvalue weighted by atomic mass is 9.99. The van der Waals surface area contributed by atoms with E-state index in [0.717, 1.165) is 32.8 Å². The molecule has 2 rings (SSSR count). The normalized spacial score (nSPS) is 18.8. The maximum Gasteiger partial charge on any atom is 0.161 e. The van der Waals surface area contributed by atoms with Crippen molar-refractivity contribution in [3.05, 3.63) is 27.7 Å². The van der Waals surface area contributed by atoms with E-state index in [1.807, 2.05) is 30.0 Å². The van der Waals surface area contributed by atoms with Gasteiger partial charge in [0.25, 0.3) is 0 Å². The van der Waals surface area contributed by atoms with E-state index in [9.17, 15) is 0 Å². The van der Waals surface area contributed by atoms with Gasteiger partial charge < -0.3 is 5.32 Å². The van der Waals surface area contributed by atoms with Crippen LogP contribution in [-0.2, 0) is 0 Å². The van der Waals surface area contributed by atoms with Crippen molar-refractivity contribution in [2.75, 3.05) is 11.9 Å². The third-order valence-corrected chi connectivity index (χ3v) is 5.93. The lowest BCUT2D eigenvalue weighted by molar-refractivity contribution is 0.479. The average molecular weight is 362 g/mol. The zero-order valence-electron chi connectivity index (χ0n) is 11.1. The molecule has 0 spiro atoms. The summed E-state index contributed by atoms with van der Waals surface area (Å²) in [6, 6.07) is 5.84. The number of hydrogen-bond acceptors (Lipinski definition) is 3. The molecular weight excluding hydrogens is 344 g/mol. The molecule has 1 unspecified atom stereocenters. The van der Waals surface area contributed by atoms with Crippen LogP contribution in [0.25, 0.3) is 0 Å². The van der Waals surface area contributed by atoms with Crippen molar-refractivity contribution in [3.8, 4) is 0 Å². The third kappa shape index (κ3) is 3.89. The molecule has 0 radical (unpaired) electrons. The molecule has 19 heavy (non-hydrogen) atoms. The summed E-state index contributed by atoms with van der Waals surface area (Å²) in [5, 5.41) is 5.73. The predicted molar refractivity (Wildman–Crippen MR) is 90.5 cm³/mol. The predicted octanol–water partition coefficient (Wildman–Crippen LogP) is 5.42. The van der Waals surface area contributed by atoms with E-state index in [2.05, 4.69) is 40.1 Å². The van der Waals surface area contributed by atoms with Gasteiger partial charge in [0.05, 0.1) is 11.6 Å². The molecular formula is C14H18BrClN2S.